The molecular formula is C36H40Cl2N4O8S. The number of ketones is 1. The van der Waals surface area contributed by atoms with E-state index in [2.05, 4.69) is 10.3 Å². The number of carboxylic acid groups (broad SMARTS) is 1. The van der Waals surface area contributed by atoms with Crippen LogP contribution < -0.4 is 10.2 Å². The molecule has 15 heteroatoms. The highest BCUT2D eigenvalue weighted by Crippen LogP contribution is 2.28. The number of hydrogen-bond acceptors (Lipinski definition) is 9. The first kappa shape index (κ1) is 38.1. The van der Waals surface area contributed by atoms with Crippen LogP contribution in [0, 0.1) is 0 Å². The Bertz CT molecular complexity index is 1880. The van der Waals surface area contributed by atoms with E-state index in [0.717, 1.165) is 27.4 Å². The number of thiazole rings is 1. The molecule has 2 atom stereocenters. The molecule has 1 saturated heterocycles. The van der Waals surface area contributed by atoms with Gasteiger partial charge >= 0.3 is 17.1 Å². The van der Waals surface area contributed by atoms with E-state index < -0.39 is 24.3 Å². The van der Waals surface area contributed by atoms with Gasteiger partial charge in [-0.25, -0.2) is 9.59 Å². The number of nitrogens with zero attached hydrogens (tertiary/aromatic N) is 2. The molecule has 0 saturated carbocycles. The van der Waals surface area contributed by atoms with Crippen LogP contribution in [0.3, 0.4) is 0 Å². The number of aromatic nitrogens is 1. The molecule has 2 heterocycles. The smallest absolute Gasteiger partial charge is 0.410 e. The first-order chi connectivity index (χ1) is 24.5. The molecule has 4 aromatic rings. The van der Waals surface area contributed by atoms with Gasteiger partial charge in [-0.3, -0.25) is 14.5 Å². The summed E-state index contributed by atoms with van der Waals surface area (Å²) in [5.74, 6) is -0.456. The average Bonchev–Trinajstić information content (AvgIpc) is 3.53. The third-order valence-electron chi connectivity index (χ3n) is 8.91. The van der Waals surface area contributed by atoms with Gasteiger partial charge in [0.1, 0.15) is 17.9 Å². The number of phenolic OH excluding ortho intramolecular Hbond substituents is 1. The number of rotatable bonds is 15. The summed E-state index contributed by atoms with van der Waals surface area (Å²) in [6.07, 6.45) is -0.0916. The zero-order valence-electron chi connectivity index (χ0n) is 28.0. The molecule has 4 N–H and O–H groups in total. The summed E-state index contributed by atoms with van der Waals surface area (Å²) in [6, 6.07) is 15.4. The normalized spacial score (nSPS) is 14.6. The highest BCUT2D eigenvalue weighted by atomic mass is 35.5. The fourth-order valence-corrected chi connectivity index (χ4v) is 7.24. The fourth-order valence-electron chi connectivity index (χ4n) is 6.02. The van der Waals surface area contributed by atoms with Gasteiger partial charge in [-0.1, -0.05) is 77.0 Å². The molecule has 0 radical (unpaired) electrons. The third-order valence-corrected chi connectivity index (χ3v) is 10.6. The van der Waals surface area contributed by atoms with Crippen molar-refractivity contribution >= 4 is 62.7 Å². The molecule has 2 amide bonds. The molecule has 3 aromatic carbocycles. The highest BCUT2D eigenvalue weighted by molar-refractivity contribution is 7.16. The van der Waals surface area contributed by atoms with Crippen LogP contribution in [0.25, 0.3) is 10.2 Å². The molecular weight excluding hydrogens is 719 g/mol. The monoisotopic (exact) mass is 758 g/mol. The van der Waals surface area contributed by atoms with Crippen molar-refractivity contribution in [2.24, 2.45) is 0 Å². The van der Waals surface area contributed by atoms with Gasteiger partial charge in [0.25, 0.3) is 0 Å². The van der Waals surface area contributed by atoms with Crippen LogP contribution in [-0.2, 0) is 33.7 Å². The van der Waals surface area contributed by atoms with Crippen LogP contribution >= 0.6 is 34.5 Å². The zero-order chi connectivity index (χ0) is 36.5. The van der Waals surface area contributed by atoms with Gasteiger partial charge in [0.15, 0.2) is 5.78 Å². The maximum Gasteiger partial charge on any atom is 0.410 e. The Morgan fingerprint density at radius 3 is 2.47 bits per heavy atom. The molecule has 0 spiro atoms. The molecule has 0 bridgehead atoms. The van der Waals surface area contributed by atoms with Gasteiger partial charge in [-0.05, 0) is 67.5 Å². The third kappa shape index (κ3) is 10.2. The van der Waals surface area contributed by atoms with Crippen LogP contribution in [0.5, 0.6) is 5.75 Å². The SMILES string of the molecule is C[C@@H](C(=O)C(CN(CCc1ccc(O)c2[nH]c(=O)sc12)C(=O)O)NC1CCOCC1)N(CCc1ccc(Cl)c(Cl)c1)C(=O)OCc1ccccc1. The summed E-state index contributed by atoms with van der Waals surface area (Å²) in [6.45, 7) is 2.53. The molecule has 1 aliphatic rings. The van der Waals surface area contributed by atoms with Crippen molar-refractivity contribution in [3.63, 3.8) is 0 Å². The van der Waals surface area contributed by atoms with E-state index in [4.69, 9.17) is 32.7 Å². The number of Topliss-reactive ketones (excluding diaryl/α,β-unsaturated/α-hetero) is 1. The Morgan fingerprint density at radius 2 is 1.76 bits per heavy atom. The van der Waals surface area contributed by atoms with Crippen LogP contribution in [-0.4, -0.2) is 93.9 Å². The number of carbonyl (C=O) groups excluding carboxylic acids is 2. The lowest BCUT2D eigenvalue weighted by Gasteiger charge is -2.35. The quantitative estimate of drug-likeness (QED) is 0.112. The molecule has 1 aliphatic heterocycles. The number of H-pyrrole nitrogens is 1. The van der Waals surface area contributed by atoms with Crippen LogP contribution in [0.15, 0.2) is 65.5 Å². The highest BCUT2D eigenvalue weighted by Gasteiger charge is 2.35. The molecule has 1 unspecified atom stereocenters. The summed E-state index contributed by atoms with van der Waals surface area (Å²) in [5.41, 5.74) is 2.56. The minimum Gasteiger partial charge on any atom is -0.506 e. The number of amides is 2. The van der Waals surface area contributed by atoms with Gasteiger partial charge in [0.2, 0.25) is 0 Å². The Labute approximate surface area is 308 Å². The number of phenols is 1. The Morgan fingerprint density at radius 1 is 1.02 bits per heavy atom. The zero-order valence-corrected chi connectivity index (χ0v) is 30.3. The van der Waals surface area contributed by atoms with E-state index in [1.165, 1.54) is 11.0 Å². The van der Waals surface area contributed by atoms with Crippen molar-refractivity contribution in [1.29, 1.82) is 0 Å². The summed E-state index contributed by atoms with van der Waals surface area (Å²) in [4.78, 5) is 57.5. The lowest BCUT2D eigenvalue weighted by molar-refractivity contribution is -0.126. The van der Waals surface area contributed by atoms with Crippen molar-refractivity contribution < 1.29 is 34.1 Å². The molecule has 51 heavy (non-hydrogen) atoms. The molecule has 12 nitrogen and oxygen atoms in total. The number of hydrogen-bond donors (Lipinski definition) is 4. The lowest BCUT2D eigenvalue weighted by atomic mass is 10.0. The van der Waals surface area contributed by atoms with Crippen molar-refractivity contribution in [2.45, 2.75) is 57.3 Å². The Kier molecular flexibility index (Phi) is 13.4. The number of halogens is 2. The molecule has 272 valence electrons. The van der Waals surface area contributed by atoms with E-state index in [0.29, 0.717) is 58.3 Å². The molecule has 5 rings (SSSR count). The predicted octanol–water partition coefficient (Wildman–Crippen LogP) is 6.10. The number of ether oxygens (including phenoxy) is 2. The molecule has 0 aliphatic carbocycles. The Balaban J connectivity index is 1.37. The van der Waals surface area contributed by atoms with Crippen LogP contribution in [0.1, 0.15) is 36.5 Å². The summed E-state index contributed by atoms with van der Waals surface area (Å²) in [5, 5.41) is 24.6. The molecule has 1 aromatic heterocycles. The number of aromatic hydroxyl groups is 1. The maximum absolute atomic E-state index is 14.4. The van der Waals surface area contributed by atoms with Gasteiger partial charge in [-0.2, -0.15) is 0 Å². The summed E-state index contributed by atoms with van der Waals surface area (Å²) in [7, 11) is 0. The van der Waals surface area contributed by atoms with E-state index in [1.54, 1.807) is 31.2 Å². The van der Waals surface area contributed by atoms with Gasteiger partial charge in [0, 0.05) is 38.9 Å². The average molecular weight is 760 g/mol. The standard InChI is InChI=1S/C36H40Cl2N4O8S/c1-22(42(16-11-23-7-9-27(37)28(38)19-23)36(48)50-21-24-5-3-2-4-6-24)32(44)29(39-26-13-17-49-18-14-26)20-41(35(46)47)15-12-25-8-10-30(43)31-33(25)51-34(45)40-31/h2-10,19,22,26,29,39,43H,11-18,20-21H2,1H3,(H,40,45)(H,46,47)/t22-,29?/m0/s1. The van der Waals surface area contributed by atoms with E-state index in [-0.39, 0.29) is 55.1 Å². The molecule has 1 fully saturated rings. The number of carbonyl (C=O) groups is 3. The topological polar surface area (TPSA) is 162 Å². The lowest BCUT2D eigenvalue weighted by Crippen LogP contribution is -2.58. The van der Waals surface area contributed by atoms with Gasteiger partial charge in [0.05, 0.1) is 26.8 Å². The second-order valence-electron chi connectivity index (χ2n) is 12.4. The second kappa shape index (κ2) is 17.9. The van der Waals surface area contributed by atoms with E-state index >= 15 is 0 Å². The van der Waals surface area contributed by atoms with Crippen molar-refractivity contribution in [3.8, 4) is 5.75 Å². The number of aromatic amines is 1. The van der Waals surface area contributed by atoms with Crippen LogP contribution in [0.4, 0.5) is 9.59 Å². The first-order valence-electron chi connectivity index (χ1n) is 16.6. The fraction of sp³-hybridized carbons (Fsp3) is 0.389. The maximum atomic E-state index is 14.4. The summed E-state index contributed by atoms with van der Waals surface area (Å²) < 4.78 is 11.7. The van der Waals surface area contributed by atoms with Crippen LogP contribution in [0.2, 0.25) is 10.0 Å². The minimum atomic E-state index is -1.23. The van der Waals surface area contributed by atoms with Crippen molar-refractivity contribution in [1.82, 2.24) is 20.1 Å². The number of benzene rings is 3. The summed E-state index contributed by atoms with van der Waals surface area (Å²) >= 11 is 13.3. The largest absolute Gasteiger partial charge is 0.506 e. The number of fused-ring (bicyclic) bond motifs is 1. The predicted molar refractivity (Wildman–Crippen MR) is 196 cm³/mol. The van der Waals surface area contributed by atoms with E-state index in [1.807, 2.05) is 30.3 Å². The Hall–Kier alpha value is -4.14. The van der Waals surface area contributed by atoms with E-state index in [9.17, 15) is 29.4 Å². The van der Waals surface area contributed by atoms with Crippen molar-refractivity contribution in [2.75, 3.05) is 32.8 Å². The second-order valence-corrected chi connectivity index (χ2v) is 14.2. The first-order valence-corrected chi connectivity index (χ1v) is 18.2. The minimum absolute atomic E-state index is 0.000761. The van der Waals surface area contributed by atoms with Gasteiger partial charge in [-0.15, -0.1) is 0 Å². The van der Waals surface area contributed by atoms with Crippen molar-refractivity contribution in [3.05, 3.63) is 97.1 Å². The number of nitrogens with one attached hydrogen (secondary N) is 2. The van der Waals surface area contributed by atoms with Gasteiger partial charge < -0.3 is 34.9 Å².